The first-order valence-electron chi connectivity index (χ1n) is 2.67. The molecule has 0 aliphatic heterocycles. The van der Waals surface area contributed by atoms with Gasteiger partial charge in [-0.25, -0.2) is 4.79 Å². The van der Waals surface area contributed by atoms with Crippen LogP contribution in [0.1, 0.15) is 13.8 Å². The molecule has 0 rings (SSSR count). The maximum Gasteiger partial charge on any atom is 0.327 e. The Morgan fingerprint density at radius 3 is 2.33 bits per heavy atom. The number of carboxylic acid groups (broad SMARTS) is 1. The number of carbonyl (C=O) groups is 1. The topological polar surface area (TPSA) is 63.3 Å². The zero-order valence-corrected chi connectivity index (χ0v) is 5.59. The van der Waals surface area contributed by atoms with E-state index in [0.29, 0.717) is 0 Å². The molecule has 0 fully saturated rings. The second-order valence-electron chi connectivity index (χ2n) is 2.09. The van der Waals surface area contributed by atoms with Gasteiger partial charge in [-0.15, -0.1) is 0 Å². The third-order valence-electron chi connectivity index (χ3n) is 0.974. The summed E-state index contributed by atoms with van der Waals surface area (Å²) in [6.45, 7) is 3.17. The van der Waals surface area contributed by atoms with Crippen molar-refractivity contribution < 1.29 is 9.90 Å². The second kappa shape index (κ2) is 2.64. The van der Waals surface area contributed by atoms with Crippen molar-refractivity contribution in [3.05, 3.63) is 12.2 Å². The fourth-order valence-corrected chi connectivity index (χ4v) is 0.418. The van der Waals surface area contributed by atoms with Crippen LogP contribution in [-0.4, -0.2) is 16.6 Å². The van der Waals surface area contributed by atoms with E-state index in [0.717, 1.165) is 0 Å². The third kappa shape index (κ3) is 2.28. The van der Waals surface area contributed by atoms with Crippen molar-refractivity contribution in [2.75, 3.05) is 0 Å². The molecule has 0 aliphatic carbocycles. The van der Waals surface area contributed by atoms with Crippen molar-refractivity contribution in [3.63, 3.8) is 0 Å². The summed E-state index contributed by atoms with van der Waals surface area (Å²) in [7, 11) is 0. The summed E-state index contributed by atoms with van der Waals surface area (Å²) in [5.41, 5.74) is 4.07. The van der Waals surface area contributed by atoms with Crippen molar-refractivity contribution in [2.24, 2.45) is 5.73 Å². The van der Waals surface area contributed by atoms with Crippen LogP contribution in [0.3, 0.4) is 0 Å². The van der Waals surface area contributed by atoms with Gasteiger partial charge in [0.25, 0.3) is 0 Å². The first-order chi connectivity index (χ1) is 4.00. The van der Waals surface area contributed by atoms with E-state index in [4.69, 9.17) is 10.8 Å². The highest BCUT2D eigenvalue weighted by Gasteiger charge is 2.22. The van der Waals surface area contributed by atoms with Crippen LogP contribution >= 0.6 is 0 Å². The molecule has 52 valence electrons. The Morgan fingerprint density at radius 1 is 1.78 bits per heavy atom. The van der Waals surface area contributed by atoms with Crippen molar-refractivity contribution in [1.82, 2.24) is 0 Å². The van der Waals surface area contributed by atoms with E-state index < -0.39 is 11.5 Å². The molecule has 9 heavy (non-hydrogen) atoms. The molecule has 0 bridgehead atoms. The van der Waals surface area contributed by atoms with Crippen LogP contribution in [0.5, 0.6) is 0 Å². The number of hydrogen-bond donors (Lipinski definition) is 2. The second-order valence-corrected chi connectivity index (χ2v) is 2.09. The summed E-state index contributed by atoms with van der Waals surface area (Å²) >= 11 is 0. The monoisotopic (exact) mass is 129 g/mol. The number of aliphatic carboxylic acids is 1. The molecule has 0 aromatic rings. The molecule has 1 atom stereocenters. The molecule has 0 radical (unpaired) electrons. The smallest absolute Gasteiger partial charge is 0.327 e. The van der Waals surface area contributed by atoms with E-state index in [1.807, 2.05) is 0 Å². The van der Waals surface area contributed by atoms with Crippen LogP contribution in [0.15, 0.2) is 12.2 Å². The lowest BCUT2D eigenvalue weighted by atomic mass is 10.0. The number of hydrogen-bond acceptors (Lipinski definition) is 2. The molecular weight excluding hydrogens is 118 g/mol. The van der Waals surface area contributed by atoms with Gasteiger partial charge in [-0.2, -0.15) is 0 Å². The van der Waals surface area contributed by atoms with E-state index in [1.54, 1.807) is 13.0 Å². The van der Waals surface area contributed by atoms with Gasteiger partial charge in [0.1, 0.15) is 5.54 Å². The van der Waals surface area contributed by atoms with Gasteiger partial charge in [-0.3, -0.25) is 0 Å². The molecule has 3 heteroatoms. The first kappa shape index (κ1) is 8.17. The molecule has 0 saturated heterocycles. The van der Waals surface area contributed by atoms with Crippen LogP contribution in [0, 0.1) is 0 Å². The predicted molar refractivity (Wildman–Crippen MR) is 35.0 cm³/mol. The van der Waals surface area contributed by atoms with E-state index in [1.165, 1.54) is 13.0 Å². The van der Waals surface area contributed by atoms with Crippen LogP contribution in [0.4, 0.5) is 0 Å². The minimum atomic E-state index is -1.21. The van der Waals surface area contributed by atoms with E-state index >= 15 is 0 Å². The summed E-state index contributed by atoms with van der Waals surface area (Å²) in [5.74, 6) is -1.01. The van der Waals surface area contributed by atoms with Crippen LogP contribution < -0.4 is 5.73 Å². The van der Waals surface area contributed by atoms with Gasteiger partial charge in [-0.1, -0.05) is 12.2 Å². The lowest BCUT2D eigenvalue weighted by Gasteiger charge is -2.12. The molecular formula is C6H11NO2. The van der Waals surface area contributed by atoms with Gasteiger partial charge in [0, 0.05) is 0 Å². The molecule has 0 aromatic heterocycles. The van der Waals surface area contributed by atoms with Crippen molar-refractivity contribution in [1.29, 1.82) is 0 Å². The molecule has 0 spiro atoms. The lowest BCUT2D eigenvalue weighted by molar-refractivity contribution is -0.140. The van der Waals surface area contributed by atoms with Gasteiger partial charge >= 0.3 is 5.97 Å². The van der Waals surface area contributed by atoms with Crippen LogP contribution in [0.25, 0.3) is 0 Å². The van der Waals surface area contributed by atoms with Gasteiger partial charge in [0.2, 0.25) is 0 Å². The standard InChI is InChI=1S/C6H11NO2/c1-3-4-6(2,7)5(8)9/h3-4H,7H2,1-2H3,(H,8,9). The van der Waals surface area contributed by atoms with Gasteiger partial charge in [-0.05, 0) is 13.8 Å². The third-order valence-corrected chi connectivity index (χ3v) is 0.974. The average Bonchev–Trinajstić information content (AvgIpc) is 1.65. The number of allylic oxidation sites excluding steroid dienone is 1. The molecule has 0 aromatic carbocycles. The highest BCUT2D eigenvalue weighted by molar-refractivity contribution is 5.80. The Balaban J connectivity index is 4.19. The predicted octanol–water partition coefficient (Wildman–Crippen LogP) is 0.365. The number of nitrogens with two attached hydrogens (primary N) is 1. The van der Waals surface area contributed by atoms with Crippen molar-refractivity contribution >= 4 is 5.97 Å². The first-order valence-corrected chi connectivity index (χ1v) is 2.67. The summed E-state index contributed by atoms with van der Waals surface area (Å²) < 4.78 is 0. The lowest BCUT2D eigenvalue weighted by Crippen LogP contribution is -2.42. The SMILES string of the molecule is CC=CC(C)(N)C(=O)O. The van der Waals surface area contributed by atoms with Crippen LogP contribution in [0.2, 0.25) is 0 Å². The molecule has 1 unspecified atom stereocenters. The van der Waals surface area contributed by atoms with Gasteiger partial charge < -0.3 is 10.8 Å². The Bertz CT molecular complexity index is 138. The molecule has 3 N–H and O–H groups in total. The Kier molecular flexibility index (Phi) is 2.40. The fraction of sp³-hybridized carbons (Fsp3) is 0.500. The Hall–Kier alpha value is -0.830. The zero-order valence-electron chi connectivity index (χ0n) is 5.59. The quantitative estimate of drug-likeness (QED) is 0.529. The minimum absolute atomic E-state index is 1.01. The van der Waals surface area contributed by atoms with Gasteiger partial charge in [0.05, 0.1) is 0 Å². The summed E-state index contributed by atoms with van der Waals surface area (Å²) in [6, 6.07) is 0. The summed E-state index contributed by atoms with van der Waals surface area (Å²) in [5, 5.41) is 8.40. The highest BCUT2D eigenvalue weighted by Crippen LogP contribution is 1.99. The molecule has 0 heterocycles. The number of rotatable bonds is 2. The Labute approximate surface area is 54.2 Å². The molecule has 0 saturated carbocycles. The van der Waals surface area contributed by atoms with E-state index in [9.17, 15) is 4.79 Å². The highest BCUT2D eigenvalue weighted by atomic mass is 16.4. The largest absolute Gasteiger partial charge is 0.480 e. The van der Waals surface area contributed by atoms with E-state index in [2.05, 4.69) is 0 Å². The molecule has 0 amide bonds. The van der Waals surface area contributed by atoms with Crippen molar-refractivity contribution in [3.8, 4) is 0 Å². The maximum atomic E-state index is 10.2. The molecule has 0 aliphatic rings. The normalized spacial score (nSPS) is 17.7. The van der Waals surface area contributed by atoms with Gasteiger partial charge in [0.15, 0.2) is 0 Å². The Morgan fingerprint density at radius 2 is 2.22 bits per heavy atom. The van der Waals surface area contributed by atoms with Crippen LogP contribution in [-0.2, 0) is 4.79 Å². The maximum absolute atomic E-state index is 10.2. The minimum Gasteiger partial charge on any atom is -0.480 e. The van der Waals surface area contributed by atoms with Crippen molar-refractivity contribution in [2.45, 2.75) is 19.4 Å². The van der Waals surface area contributed by atoms with E-state index in [-0.39, 0.29) is 0 Å². The summed E-state index contributed by atoms with van der Waals surface area (Å²) in [6.07, 6.45) is 3.06. The number of carboxylic acids is 1. The average molecular weight is 129 g/mol. The fourth-order valence-electron chi connectivity index (χ4n) is 0.418. The molecule has 3 nitrogen and oxygen atoms in total. The zero-order chi connectivity index (χ0) is 7.49. The summed E-state index contributed by atoms with van der Waals surface area (Å²) in [4.78, 5) is 10.2.